The summed E-state index contributed by atoms with van der Waals surface area (Å²) < 4.78 is 46.4. The van der Waals surface area contributed by atoms with E-state index in [0.717, 1.165) is 17.0 Å². The molecule has 6 unspecified atom stereocenters. The molecule has 2 aromatic heterocycles. The van der Waals surface area contributed by atoms with Crippen molar-refractivity contribution >= 4 is 64.3 Å². The summed E-state index contributed by atoms with van der Waals surface area (Å²) in [4.78, 5) is 74.5. The number of benzene rings is 2. The van der Waals surface area contributed by atoms with Crippen molar-refractivity contribution in [2.75, 3.05) is 10.3 Å². The summed E-state index contributed by atoms with van der Waals surface area (Å²) in [6, 6.07) is 13.0. The smallest absolute Gasteiger partial charge is 0.417 e. The van der Waals surface area contributed by atoms with Crippen molar-refractivity contribution < 1.29 is 56.9 Å². The summed E-state index contributed by atoms with van der Waals surface area (Å²) in [6.07, 6.45) is -2.73. The number of aromatic carboxylic acids is 1. The number of pyridine rings is 1. The molecule has 4 amide bonds. The third kappa shape index (κ3) is 5.49. The zero-order chi connectivity index (χ0) is 40.0. The molecule has 2 aliphatic carbocycles. The number of furan rings is 1. The minimum absolute atomic E-state index is 0.0113. The summed E-state index contributed by atoms with van der Waals surface area (Å²) in [5.74, 6) is -10.6. The van der Waals surface area contributed by atoms with E-state index in [-0.39, 0.29) is 30.0 Å². The number of nitrogens with one attached hydrogen (secondary N) is 1. The maximum absolute atomic E-state index is 15.2. The lowest BCUT2D eigenvalue weighted by molar-refractivity contribution is -0.139. The highest BCUT2D eigenvalue weighted by Gasteiger charge is 2.71. The number of carbonyl (C=O) groups excluding carboxylic acids is 4. The van der Waals surface area contributed by atoms with Gasteiger partial charge in [0.2, 0.25) is 11.8 Å². The Labute approximate surface area is 323 Å². The van der Waals surface area contributed by atoms with Crippen LogP contribution in [0.2, 0.25) is 10.0 Å². The second-order valence-corrected chi connectivity index (χ2v) is 14.7. The van der Waals surface area contributed by atoms with E-state index in [1.807, 2.05) is 0 Å². The number of aromatic hydroxyl groups is 1. The van der Waals surface area contributed by atoms with E-state index in [9.17, 15) is 47.7 Å². The van der Waals surface area contributed by atoms with Crippen LogP contribution in [-0.4, -0.2) is 54.9 Å². The van der Waals surface area contributed by atoms with Gasteiger partial charge in [-0.25, -0.2) is 14.7 Å². The Morgan fingerprint density at radius 2 is 1.71 bits per heavy atom. The van der Waals surface area contributed by atoms with Crippen molar-refractivity contribution in [1.29, 1.82) is 0 Å². The summed E-state index contributed by atoms with van der Waals surface area (Å²) in [6.45, 7) is -0.522. The third-order valence-corrected chi connectivity index (χ3v) is 11.7. The number of phenols is 1. The highest BCUT2D eigenvalue weighted by molar-refractivity contribution is 6.33. The zero-order valence-corrected chi connectivity index (χ0v) is 30.0. The van der Waals surface area contributed by atoms with Gasteiger partial charge in [0, 0.05) is 17.3 Å². The van der Waals surface area contributed by atoms with Gasteiger partial charge >= 0.3 is 12.1 Å². The van der Waals surface area contributed by atoms with Crippen molar-refractivity contribution in [2.45, 2.75) is 37.0 Å². The molecule has 4 aliphatic rings. The van der Waals surface area contributed by atoms with Crippen LogP contribution in [-0.2, 0) is 37.4 Å². The molecule has 2 saturated heterocycles. The third-order valence-electron chi connectivity index (χ3n) is 11.1. The Bertz CT molecular complexity index is 2400. The number of imide groups is 2. The van der Waals surface area contributed by atoms with Gasteiger partial charge in [0.25, 0.3) is 11.8 Å². The van der Waals surface area contributed by atoms with Crippen LogP contribution in [0.3, 0.4) is 0 Å². The molecule has 6 atom stereocenters. The minimum atomic E-state index is -4.79. The number of nitrogens with zero attached hydrogens (tertiary/aromatic N) is 3. The first-order valence-corrected chi connectivity index (χ1v) is 17.8. The fraction of sp³-hybridized carbons (Fsp3) is 0.263. The highest BCUT2D eigenvalue weighted by Crippen LogP contribution is 2.64. The van der Waals surface area contributed by atoms with Crippen LogP contribution >= 0.6 is 23.2 Å². The standard InChI is InChI=1S/C38H27Cl2F3N4O9/c39-18-3-1-16(2-4-18)37-25(33(51)47(36(37)55)45-31-26(40)11-17(14-44-31)38(41,42)43)13-24-21(30(37)28-10-6-20(15-48)56-28)8-9-23-29(24)34(52)46(32(23)50)19-5-7-22(35(53)54)27(49)12-19/h1-8,10-12,14,23-25,29-30,48-49H,9,13,15H2,(H,44,45)(H,53,54). The first-order valence-electron chi connectivity index (χ1n) is 17.0. The molecule has 18 heteroatoms. The fourth-order valence-corrected chi connectivity index (χ4v) is 9.15. The summed E-state index contributed by atoms with van der Waals surface area (Å²) in [5.41, 5.74) is -0.201. The average molecular weight is 812 g/mol. The number of aliphatic hydroxyl groups excluding tert-OH is 1. The van der Waals surface area contributed by atoms with Crippen molar-refractivity contribution in [1.82, 2.24) is 9.99 Å². The van der Waals surface area contributed by atoms with Gasteiger partial charge in [0.1, 0.15) is 34.9 Å². The number of hydrogen-bond donors (Lipinski definition) is 4. The Kier molecular flexibility index (Phi) is 8.78. The minimum Gasteiger partial charge on any atom is -0.507 e. The van der Waals surface area contributed by atoms with Crippen LogP contribution in [0, 0.1) is 23.7 Å². The Hall–Kier alpha value is -5.71. The van der Waals surface area contributed by atoms with E-state index in [2.05, 4.69) is 10.4 Å². The van der Waals surface area contributed by atoms with Gasteiger partial charge in [-0.3, -0.25) is 24.6 Å². The molecule has 8 rings (SSSR count). The molecule has 56 heavy (non-hydrogen) atoms. The molecular formula is C38H27Cl2F3N4O9. The quantitative estimate of drug-likeness (QED) is 0.125. The Morgan fingerprint density at radius 3 is 2.34 bits per heavy atom. The summed E-state index contributed by atoms with van der Waals surface area (Å²) >= 11 is 12.5. The maximum atomic E-state index is 15.2. The number of amides is 4. The molecule has 3 fully saturated rings. The van der Waals surface area contributed by atoms with E-state index in [4.69, 9.17) is 27.6 Å². The topological polar surface area (TPSA) is 191 Å². The molecule has 4 aromatic rings. The number of allylic oxidation sites excluding steroid dienone is 2. The number of carboxylic acid groups (broad SMARTS) is 1. The van der Waals surface area contributed by atoms with Gasteiger partial charge in [0.15, 0.2) is 5.82 Å². The van der Waals surface area contributed by atoms with E-state index in [1.54, 1.807) is 18.2 Å². The molecule has 0 radical (unpaired) electrons. The Balaban J connectivity index is 1.28. The number of aliphatic hydroxyl groups is 1. The maximum Gasteiger partial charge on any atom is 0.417 e. The second-order valence-electron chi connectivity index (χ2n) is 13.9. The molecule has 13 nitrogen and oxygen atoms in total. The molecule has 2 aliphatic heterocycles. The van der Waals surface area contributed by atoms with Crippen LogP contribution in [0.5, 0.6) is 5.75 Å². The number of carbonyl (C=O) groups is 5. The first kappa shape index (κ1) is 37.2. The molecule has 0 spiro atoms. The zero-order valence-electron chi connectivity index (χ0n) is 28.5. The van der Waals surface area contributed by atoms with E-state index < -0.39 is 105 Å². The number of rotatable bonds is 7. The van der Waals surface area contributed by atoms with Crippen molar-refractivity contribution in [3.63, 3.8) is 0 Å². The van der Waals surface area contributed by atoms with E-state index in [1.165, 1.54) is 30.3 Å². The van der Waals surface area contributed by atoms with Crippen LogP contribution in [0.4, 0.5) is 24.7 Å². The first-order chi connectivity index (χ1) is 26.6. The molecule has 4 N–H and O–H groups in total. The molecule has 4 heterocycles. The normalized spacial score (nSPS) is 25.9. The lowest BCUT2D eigenvalue weighted by Gasteiger charge is -2.49. The number of aromatic nitrogens is 1. The van der Waals surface area contributed by atoms with Crippen molar-refractivity contribution in [2.24, 2.45) is 23.7 Å². The molecular weight excluding hydrogens is 784 g/mol. The lowest BCUT2D eigenvalue weighted by Crippen LogP contribution is -2.53. The average Bonchev–Trinajstić information content (AvgIpc) is 3.79. The fourth-order valence-electron chi connectivity index (χ4n) is 8.82. The monoisotopic (exact) mass is 810 g/mol. The SMILES string of the molecule is O=C(O)c1ccc(N2C(=O)C3CC=C4C(CC5C(=O)N(Nc6ncc(C(F)(F)F)cc6Cl)C(=O)C5(c5ccc(Cl)cc5)C4c4ccc(CO)o4)C3C2=O)cc1O. The number of carboxylic acids is 1. The number of alkyl halides is 3. The van der Waals surface area contributed by atoms with Gasteiger partial charge in [0.05, 0.1) is 39.9 Å². The number of hydrazine groups is 1. The molecule has 1 saturated carbocycles. The molecule has 2 aromatic carbocycles. The lowest BCUT2D eigenvalue weighted by atomic mass is 9.50. The number of anilines is 2. The highest BCUT2D eigenvalue weighted by atomic mass is 35.5. The number of halogens is 5. The van der Waals surface area contributed by atoms with Gasteiger partial charge < -0.3 is 19.7 Å². The largest absolute Gasteiger partial charge is 0.507 e. The van der Waals surface area contributed by atoms with Crippen LogP contribution in [0.25, 0.3) is 0 Å². The Morgan fingerprint density at radius 1 is 0.982 bits per heavy atom. The van der Waals surface area contributed by atoms with Gasteiger partial charge in [-0.05, 0) is 66.8 Å². The van der Waals surface area contributed by atoms with E-state index >= 15 is 4.79 Å². The summed E-state index contributed by atoms with van der Waals surface area (Å²) in [7, 11) is 0. The van der Waals surface area contributed by atoms with Crippen LogP contribution in [0.1, 0.15) is 51.8 Å². The van der Waals surface area contributed by atoms with E-state index in [0.29, 0.717) is 33.4 Å². The second kappa shape index (κ2) is 13.2. The van der Waals surface area contributed by atoms with Crippen LogP contribution in [0.15, 0.2) is 82.9 Å². The summed E-state index contributed by atoms with van der Waals surface area (Å²) in [5, 5.41) is 30.2. The predicted molar refractivity (Wildman–Crippen MR) is 189 cm³/mol. The molecule has 288 valence electrons. The predicted octanol–water partition coefficient (Wildman–Crippen LogP) is 6.09. The van der Waals surface area contributed by atoms with Gasteiger partial charge in [-0.2, -0.15) is 18.2 Å². The van der Waals surface area contributed by atoms with Gasteiger partial charge in [-0.15, -0.1) is 0 Å². The van der Waals surface area contributed by atoms with Crippen LogP contribution < -0.4 is 10.3 Å². The number of fused-ring (bicyclic) bond motifs is 4. The van der Waals surface area contributed by atoms with Crippen molar-refractivity contribution in [3.05, 3.63) is 117 Å². The van der Waals surface area contributed by atoms with Crippen molar-refractivity contribution in [3.8, 4) is 5.75 Å². The number of hydrogen-bond acceptors (Lipinski definition) is 10. The van der Waals surface area contributed by atoms with Gasteiger partial charge in [-0.1, -0.05) is 47.0 Å². The molecule has 0 bridgehead atoms.